The lowest BCUT2D eigenvalue weighted by molar-refractivity contribution is 0.0408. The maximum absolute atomic E-state index is 11.8. The number of aliphatic hydroxyl groups is 1. The lowest BCUT2D eigenvalue weighted by Crippen LogP contribution is -2.29. The molecule has 1 aromatic rings. The van der Waals surface area contributed by atoms with E-state index in [1.54, 1.807) is 65.1 Å². The lowest BCUT2D eigenvalue weighted by Gasteiger charge is -2.21. The monoisotopic (exact) mass is 310 g/mol. The number of benzene rings is 1. The number of carbonyl (C=O) groups is 1. The molecule has 6 nitrogen and oxygen atoms in total. The van der Waals surface area contributed by atoms with E-state index in [0.717, 1.165) is 5.56 Å². The average Bonchev–Trinajstić information content (AvgIpc) is 2.36. The lowest BCUT2D eigenvalue weighted by atomic mass is 10.1. The third-order valence-corrected chi connectivity index (χ3v) is 2.92. The fourth-order valence-electron chi connectivity index (χ4n) is 1.82. The van der Waals surface area contributed by atoms with Gasteiger partial charge in [0.05, 0.1) is 7.11 Å². The van der Waals surface area contributed by atoms with Crippen molar-refractivity contribution in [3.05, 3.63) is 23.8 Å². The van der Waals surface area contributed by atoms with Gasteiger partial charge >= 0.3 is 6.09 Å². The molecule has 1 amide bonds. The van der Waals surface area contributed by atoms with Crippen molar-refractivity contribution >= 4 is 11.8 Å². The number of anilines is 1. The molecule has 6 heteroatoms. The number of methoxy groups -OCH3 is 1. The van der Waals surface area contributed by atoms with Gasteiger partial charge in [0.25, 0.3) is 0 Å². The van der Waals surface area contributed by atoms with E-state index in [1.807, 2.05) is 0 Å². The van der Waals surface area contributed by atoms with Gasteiger partial charge in [-0.25, -0.2) is 4.79 Å². The summed E-state index contributed by atoms with van der Waals surface area (Å²) in [6.45, 7) is 5.42. The zero-order valence-corrected chi connectivity index (χ0v) is 14.1. The maximum atomic E-state index is 11.8. The Balaban J connectivity index is 2.88. The van der Waals surface area contributed by atoms with E-state index in [-0.39, 0.29) is 0 Å². The van der Waals surface area contributed by atoms with Crippen LogP contribution in [0.2, 0.25) is 0 Å². The van der Waals surface area contributed by atoms with Crippen LogP contribution in [0.15, 0.2) is 18.2 Å². The van der Waals surface area contributed by atoms with Gasteiger partial charge in [0.1, 0.15) is 17.6 Å². The number of hydrogen-bond acceptors (Lipinski definition) is 5. The number of aliphatic hydroxyl groups excluding tert-OH is 1. The predicted molar refractivity (Wildman–Crippen MR) is 86.2 cm³/mol. The van der Waals surface area contributed by atoms with Crippen LogP contribution < -0.4 is 10.1 Å². The number of amides is 1. The molecule has 1 aromatic carbocycles. The fourth-order valence-corrected chi connectivity index (χ4v) is 1.82. The van der Waals surface area contributed by atoms with E-state index < -0.39 is 17.9 Å². The van der Waals surface area contributed by atoms with E-state index >= 15 is 0 Å². The summed E-state index contributed by atoms with van der Waals surface area (Å²) in [4.78, 5) is 13.5. The van der Waals surface area contributed by atoms with Crippen LogP contribution in [0, 0.1) is 0 Å². The number of carbonyl (C=O) groups excluding carboxylic acids is 1. The van der Waals surface area contributed by atoms with Gasteiger partial charge in [-0.2, -0.15) is 0 Å². The highest BCUT2D eigenvalue weighted by atomic mass is 16.6. The third kappa shape index (κ3) is 5.91. The molecule has 22 heavy (non-hydrogen) atoms. The molecule has 0 heterocycles. The number of hydrogen-bond donors (Lipinski definition) is 2. The molecule has 0 fully saturated rings. The van der Waals surface area contributed by atoms with Crippen molar-refractivity contribution in [2.45, 2.75) is 39.0 Å². The number of nitrogens with one attached hydrogen (secondary N) is 1. The van der Waals surface area contributed by atoms with Crippen LogP contribution in [0.5, 0.6) is 5.75 Å². The van der Waals surface area contributed by atoms with E-state index in [9.17, 15) is 9.90 Å². The Labute approximate surface area is 132 Å². The van der Waals surface area contributed by atoms with Crippen LogP contribution in [-0.4, -0.2) is 49.1 Å². The third-order valence-electron chi connectivity index (χ3n) is 2.92. The van der Waals surface area contributed by atoms with Gasteiger partial charge in [-0.3, -0.25) is 10.2 Å². The molecule has 124 valence electrons. The molecule has 0 aliphatic rings. The first-order valence-corrected chi connectivity index (χ1v) is 7.14. The van der Waals surface area contributed by atoms with Crippen molar-refractivity contribution in [3.8, 4) is 5.75 Å². The summed E-state index contributed by atoms with van der Waals surface area (Å²) in [5, 5.41) is 12.7. The van der Waals surface area contributed by atoms with E-state index in [1.165, 1.54) is 0 Å². The predicted octanol–water partition coefficient (Wildman–Crippen LogP) is 2.46. The molecule has 0 saturated carbocycles. The molecular formula is C16H26N2O4. The number of likely N-dealkylation sites (N-methyl/N-ethyl adjacent to an activating group) is 1. The van der Waals surface area contributed by atoms with Gasteiger partial charge in [-0.05, 0) is 53.1 Å². The highest BCUT2D eigenvalue weighted by Gasteiger charge is 2.17. The topological polar surface area (TPSA) is 71.0 Å². The first-order valence-electron chi connectivity index (χ1n) is 7.14. The molecule has 0 aromatic heterocycles. The minimum Gasteiger partial charge on any atom is -0.496 e. The molecule has 1 rings (SSSR count). The van der Waals surface area contributed by atoms with Crippen LogP contribution >= 0.6 is 0 Å². The standard InChI is InChI=1S/C16H26N2O4/c1-16(2,3)22-15(20)17-12-7-8-13(21-6)11(9-12)10-14(19)18(4)5/h7-9,14,19H,10H2,1-6H3,(H,17,20). The van der Waals surface area contributed by atoms with Gasteiger partial charge < -0.3 is 14.6 Å². The van der Waals surface area contributed by atoms with Crippen molar-refractivity contribution in [3.63, 3.8) is 0 Å². The zero-order valence-electron chi connectivity index (χ0n) is 14.1. The molecular weight excluding hydrogens is 284 g/mol. The largest absolute Gasteiger partial charge is 0.496 e. The normalized spacial score (nSPS) is 12.9. The van der Waals surface area contributed by atoms with Crippen molar-refractivity contribution in [2.75, 3.05) is 26.5 Å². The van der Waals surface area contributed by atoms with Gasteiger partial charge in [0, 0.05) is 17.7 Å². The Morgan fingerprint density at radius 1 is 1.36 bits per heavy atom. The number of ether oxygens (including phenoxy) is 2. The van der Waals surface area contributed by atoms with Gasteiger partial charge in [0.2, 0.25) is 0 Å². The maximum Gasteiger partial charge on any atom is 0.412 e. The van der Waals surface area contributed by atoms with Gasteiger partial charge in [-0.1, -0.05) is 0 Å². The molecule has 0 aliphatic carbocycles. The molecule has 0 bridgehead atoms. The molecule has 2 N–H and O–H groups in total. The molecule has 1 atom stereocenters. The van der Waals surface area contributed by atoms with Crippen LogP contribution in [0.3, 0.4) is 0 Å². The summed E-state index contributed by atoms with van der Waals surface area (Å²) < 4.78 is 10.5. The number of rotatable bonds is 5. The molecule has 1 unspecified atom stereocenters. The second-order valence-electron chi connectivity index (χ2n) is 6.30. The smallest absolute Gasteiger partial charge is 0.412 e. The summed E-state index contributed by atoms with van der Waals surface area (Å²) in [5.74, 6) is 0.663. The second-order valence-corrected chi connectivity index (χ2v) is 6.30. The van der Waals surface area contributed by atoms with Crippen molar-refractivity contribution in [2.24, 2.45) is 0 Å². The van der Waals surface area contributed by atoms with Crippen LogP contribution in [0.1, 0.15) is 26.3 Å². The average molecular weight is 310 g/mol. The highest BCUT2D eigenvalue weighted by molar-refractivity contribution is 5.85. The van der Waals surface area contributed by atoms with E-state index in [2.05, 4.69) is 5.32 Å². The Hall–Kier alpha value is -1.79. The van der Waals surface area contributed by atoms with Crippen molar-refractivity contribution < 1.29 is 19.4 Å². The summed E-state index contributed by atoms with van der Waals surface area (Å²) >= 11 is 0. The molecule has 0 aliphatic heterocycles. The first-order chi connectivity index (χ1) is 10.1. The zero-order chi connectivity index (χ0) is 16.9. The van der Waals surface area contributed by atoms with Gasteiger partial charge in [0.15, 0.2) is 0 Å². The Morgan fingerprint density at radius 2 is 2.00 bits per heavy atom. The molecule has 0 saturated heterocycles. The second kappa shape index (κ2) is 7.47. The summed E-state index contributed by atoms with van der Waals surface area (Å²) in [5.41, 5.74) is 0.841. The highest BCUT2D eigenvalue weighted by Crippen LogP contribution is 2.24. The van der Waals surface area contributed by atoms with Crippen LogP contribution in [0.25, 0.3) is 0 Å². The van der Waals surface area contributed by atoms with Crippen LogP contribution in [0.4, 0.5) is 10.5 Å². The van der Waals surface area contributed by atoms with Crippen LogP contribution in [-0.2, 0) is 11.2 Å². The molecule has 0 spiro atoms. The first kappa shape index (κ1) is 18.3. The minimum absolute atomic E-state index is 0.389. The van der Waals surface area contributed by atoms with Crippen molar-refractivity contribution in [1.29, 1.82) is 0 Å². The Kier molecular flexibility index (Phi) is 6.20. The quantitative estimate of drug-likeness (QED) is 0.818. The Bertz CT molecular complexity index is 509. The van der Waals surface area contributed by atoms with Gasteiger partial charge in [-0.15, -0.1) is 0 Å². The summed E-state index contributed by atoms with van der Waals surface area (Å²) in [6.07, 6.45) is -0.762. The number of nitrogens with zero attached hydrogens (tertiary/aromatic N) is 1. The van der Waals surface area contributed by atoms with Crippen molar-refractivity contribution in [1.82, 2.24) is 4.90 Å². The summed E-state index contributed by atoms with van der Waals surface area (Å²) in [6, 6.07) is 5.26. The Morgan fingerprint density at radius 3 is 2.50 bits per heavy atom. The minimum atomic E-state index is -0.634. The summed E-state index contributed by atoms with van der Waals surface area (Å²) in [7, 11) is 5.15. The SMILES string of the molecule is COc1ccc(NC(=O)OC(C)(C)C)cc1CC(O)N(C)C. The van der Waals surface area contributed by atoms with E-state index in [4.69, 9.17) is 9.47 Å². The van der Waals surface area contributed by atoms with E-state index in [0.29, 0.717) is 17.9 Å². The molecule has 0 radical (unpaired) electrons. The fraction of sp³-hybridized carbons (Fsp3) is 0.562.